The Hall–Kier alpha value is -2.06. The molecule has 0 saturated heterocycles. The Morgan fingerprint density at radius 2 is 2.10 bits per heavy atom. The minimum absolute atomic E-state index is 0.167. The summed E-state index contributed by atoms with van der Waals surface area (Å²) in [6.07, 6.45) is 0.489. The van der Waals surface area contributed by atoms with Crippen molar-refractivity contribution < 1.29 is 9.53 Å². The van der Waals surface area contributed by atoms with E-state index in [1.165, 1.54) is 0 Å². The first kappa shape index (κ1) is 17.0. The molecule has 0 bridgehead atoms. The van der Waals surface area contributed by atoms with Crippen LogP contribution < -0.4 is 10.1 Å². The molecule has 5 nitrogen and oxygen atoms in total. The Labute approximate surface area is 126 Å². The fourth-order valence-corrected chi connectivity index (χ4v) is 2.11. The summed E-state index contributed by atoms with van der Waals surface area (Å²) in [6.45, 7) is 6.72. The lowest BCUT2D eigenvalue weighted by molar-refractivity contribution is -0.130. The van der Waals surface area contributed by atoms with Crippen LogP contribution in [-0.2, 0) is 11.3 Å². The molecule has 1 aromatic rings. The number of hydrogen-bond donors (Lipinski definition) is 1. The van der Waals surface area contributed by atoms with Gasteiger partial charge in [0.1, 0.15) is 11.8 Å². The molecular formula is C16H23N3O2. The predicted molar refractivity (Wildman–Crippen MR) is 82.0 cm³/mol. The van der Waals surface area contributed by atoms with Crippen molar-refractivity contribution in [3.63, 3.8) is 0 Å². The lowest BCUT2D eigenvalue weighted by atomic mass is 10.1. The van der Waals surface area contributed by atoms with Crippen LogP contribution in [0, 0.1) is 11.3 Å². The van der Waals surface area contributed by atoms with Crippen LogP contribution in [0.15, 0.2) is 18.2 Å². The van der Waals surface area contributed by atoms with Crippen molar-refractivity contribution in [2.75, 3.05) is 26.7 Å². The Bertz CT molecular complexity index is 505. The first-order chi connectivity index (χ1) is 10.2. The molecule has 1 N–H and O–H groups in total. The third-order valence-electron chi connectivity index (χ3n) is 3.35. The molecule has 0 saturated carbocycles. The number of carbonyl (C=O) groups excluding carboxylic acids is 1. The van der Waals surface area contributed by atoms with Gasteiger partial charge in [-0.25, -0.2) is 0 Å². The highest BCUT2D eigenvalue weighted by atomic mass is 16.5. The monoisotopic (exact) mass is 289 g/mol. The second-order valence-corrected chi connectivity index (χ2v) is 4.64. The molecule has 0 aliphatic carbocycles. The number of nitrogens with one attached hydrogen (secondary N) is 1. The first-order valence-electron chi connectivity index (χ1n) is 7.21. The summed E-state index contributed by atoms with van der Waals surface area (Å²) in [5.74, 6) is 0.748. The minimum Gasteiger partial charge on any atom is -0.495 e. The molecule has 0 spiro atoms. The molecule has 0 fully saturated rings. The van der Waals surface area contributed by atoms with E-state index in [9.17, 15) is 4.79 Å². The number of methoxy groups -OCH3 is 1. The molecule has 5 heteroatoms. The average molecular weight is 289 g/mol. The number of hydrogen-bond acceptors (Lipinski definition) is 4. The number of carbonyl (C=O) groups is 1. The zero-order valence-corrected chi connectivity index (χ0v) is 13.0. The van der Waals surface area contributed by atoms with Crippen molar-refractivity contribution in [1.29, 1.82) is 5.26 Å². The second kappa shape index (κ2) is 8.98. The summed E-state index contributed by atoms with van der Waals surface area (Å²) in [6, 6.07) is 7.62. The van der Waals surface area contributed by atoms with Crippen molar-refractivity contribution in [3.05, 3.63) is 29.3 Å². The van der Waals surface area contributed by atoms with Gasteiger partial charge in [0.25, 0.3) is 0 Å². The van der Waals surface area contributed by atoms with Crippen LogP contribution in [0.5, 0.6) is 5.75 Å². The van der Waals surface area contributed by atoms with E-state index < -0.39 is 0 Å². The van der Waals surface area contributed by atoms with E-state index in [4.69, 9.17) is 10.00 Å². The molecule has 0 atom stereocenters. The summed E-state index contributed by atoms with van der Waals surface area (Å²) in [7, 11) is 1.55. The number of ether oxygens (including phenoxy) is 1. The van der Waals surface area contributed by atoms with Gasteiger partial charge in [0.05, 0.1) is 12.7 Å². The molecule has 0 aromatic heterocycles. The summed E-state index contributed by atoms with van der Waals surface area (Å²) in [4.78, 5) is 13.6. The van der Waals surface area contributed by atoms with Gasteiger partial charge in [-0.3, -0.25) is 4.79 Å². The number of rotatable bonds is 8. The predicted octanol–water partition coefficient (Wildman–Crippen LogP) is 1.91. The van der Waals surface area contributed by atoms with Gasteiger partial charge in [0, 0.05) is 32.6 Å². The van der Waals surface area contributed by atoms with Crippen LogP contribution in [-0.4, -0.2) is 37.6 Å². The van der Waals surface area contributed by atoms with E-state index in [2.05, 4.69) is 11.4 Å². The maximum Gasteiger partial charge on any atom is 0.223 e. The molecule has 0 unspecified atom stereocenters. The van der Waals surface area contributed by atoms with Crippen LogP contribution in [0.3, 0.4) is 0 Å². The summed E-state index contributed by atoms with van der Waals surface area (Å²) in [5.41, 5.74) is 1.53. The maximum atomic E-state index is 11.8. The minimum atomic E-state index is 0.167. The van der Waals surface area contributed by atoms with Crippen molar-refractivity contribution in [3.8, 4) is 11.8 Å². The fraction of sp³-hybridized carbons (Fsp3) is 0.500. The Morgan fingerprint density at radius 3 is 2.67 bits per heavy atom. The largest absolute Gasteiger partial charge is 0.495 e. The van der Waals surface area contributed by atoms with Crippen LogP contribution >= 0.6 is 0 Å². The van der Waals surface area contributed by atoms with Gasteiger partial charge in [0.2, 0.25) is 5.91 Å². The summed E-state index contributed by atoms with van der Waals surface area (Å²) in [5, 5.41) is 12.3. The molecule has 114 valence electrons. The van der Waals surface area contributed by atoms with Gasteiger partial charge in [-0.2, -0.15) is 5.26 Å². The van der Waals surface area contributed by atoms with Gasteiger partial charge in [0.15, 0.2) is 0 Å². The molecule has 0 aliphatic heterocycles. The highest BCUT2D eigenvalue weighted by Gasteiger charge is 2.08. The molecule has 0 heterocycles. The highest BCUT2D eigenvalue weighted by Crippen LogP contribution is 2.18. The number of amides is 1. The highest BCUT2D eigenvalue weighted by molar-refractivity contribution is 5.76. The first-order valence-corrected chi connectivity index (χ1v) is 7.21. The summed E-state index contributed by atoms with van der Waals surface area (Å²) >= 11 is 0. The quantitative estimate of drug-likeness (QED) is 0.743. The van der Waals surface area contributed by atoms with E-state index in [1.54, 1.807) is 19.2 Å². The van der Waals surface area contributed by atoms with Crippen molar-refractivity contribution in [1.82, 2.24) is 10.2 Å². The van der Waals surface area contributed by atoms with E-state index in [0.717, 1.165) is 18.7 Å². The molecule has 21 heavy (non-hydrogen) atoms. The lowest BCUT2D eigenvalue weighted by Gasteiger charge is -2.18. The maximum absolute atomic E-state index is 11.8. The Balaban J connectivity index is 2.43. The van der Waals surface area contributed by atoms with E-state index >= 15 is 0 Å². The van der Waals surface area contributed by atoms with Gasteiger partial charge < -0.3 is 15.0 Å². The van der Waals surface area contributed by atoms with Gasteiger partial charge >= 0.3 is 0 Å². The number of benzene rings is 1. The molecule has 1 rings (SSSR count). The van der Waals surface area contributed by atoms with Gasteiger partial charge in [-0.15, -0.1) is 0 Å². The molecule has 1 amide bonds. The average Bonchev–Trinajstić information content (AvgIpc) is 2.52. The van der Waals surface area contributed by atoms with Crippen LogP contribution in [0.25, 0.3) is 0 Å². The topological polar surface area (TPSA) is 65.4 Å². The number of nitrogens with zero attached hydrogens (tertiary/aromatic N) is 2. The smallest absolute Gasteiger partial charge is 0.223 e. The normalized spacial score (nSPS) is 10.0. The van der Waals surface area contributed by atoms with Crippen molar-refractivity contribution in [2.45, 2.75) is 26.8 Å². The van der Waals surface area contributed by atoms with Crippen LogP contribution in [0.2, 0.25) is 0 Å². The van der Waals surface area contributed by atoms with E-state index in [0.29, 0.717) is 30.8 Å². The third-order valence-corrected chi connectivity index (χ3v) is 3.35. The zero-order valence-electron chi connectivity index (χ0n) is 13.0. The molecule has 0 aliphatic rings. The molecule has 1 aromatic carbocycles. The second-order valence-electron chi connectivity index (χ2n) is 4.64. The van der Waals surface area contributed by atoms with Gasteiger partial charge in [-0.05, 0) is 31.5 Å². The molecule has 0 radical (unpaired) electrons. The van der Waals surface area contributed by atoms with Crippen molar-refractivity contribution >= 4 is 5.91 Å². The SMILES string of the molecule is CCN(CC)C(=O)CCNCc1ccc(OC)c(C#N)c1. The third kappa shape index (κ3) is 5.09. The standard InChI is InChI=1S/C16H23N3O2/c1-4-19(5-2)16(20)8-9-18-12-13-6-7-15(21-3)14(10-13)11-17/h6-7,10,18H,4-5,8-9,12H2,1-3H3. The van der Waals surface area contributed by atoms with E-state index in [1.807, 2.05) is 24.8 Å². The van der Waals surface area contributed by atoms with E-state index in [-0.39, 0.29) is 5.91 Å². The van der Waals surface area contributed by atoms with Crippen molar-refractivity contribution in [2.24, 2.45) is 0 Å². The number of nitriles is 1. The molecular weight excluding hydrogens is 266 g/mol. The van der Waals surface area contributed by atoms with Crippen LogP contribution in [0.1, 0.15) is 31.4 Å². The Kier molecular flexibility index (Phi) is 7.27. The van der Waals surface area contributed by atoms with Crippen LogP contribution in [0.4, 0.5) is 0 Å². The lowest BCUT2D eigenvalue weighted by Crippen LogP contribution is -2.32. The fourth-order valence-electron chi connectivity index (χ4n) is 2.11. The summed E-state index contributed by atoms with van der Waals surface area (Å²) < 4.78 is 5.11. The Morgan fingerprint density at radius 1 is 1.38 bits per heavy atom. The van der Waals surface area contributed by atoms with Gasteiger partial charge in [-0.1, -0.05) is 6.07 Å². The zero-order chi connectivity index (χ0) is 15.7.